The van der Waals surface area contributed by atoms with Crippen molar-refractivity contribution in [1.29, 1.82) is 0 Å². The number of piperidine rings is 1. The number of hydrogen-bond donors (Lipinski definition) is 1. The van der Waals surface area contributed by atoms with E-state index in [2.05, 4.69) is 41.1 Å². The number of hydrogen-bond acceptors (Lipinski definition) is 3. The molecule has 23 heavy (non-hydrogen) atoms. The molecule has 0 bridgehead atoms. The summed E-state index contributed by atoms with van der Waals surface area (Å²) in [6.45, 7) is 4.61. The van der Waals surface area contributed by atoms with E-state index in [0.29, 0.717) is 6.04 Å². The zero-order valence-electron chi connectivity index (χ0n) is 13.4. The molecule has 1 fully saturated rings. The zero-order chi connectivity index (χ0) is 16.2. The highest BCUT2D eigenvalue weighted by Gasteiger charge is 2.18. The topological polar surface area (TPSA) is 53.4 Å². The molecule has 2 heterocycles. The maximum atomic E-state index is 11.0. The third-order valence-electron chi connectivity index (χ3n) is 4.64. The number of nitrogens with zero attached hydrogens (tertiary/aromatic N) is 2. The van der Waals surface area contributed by atoms with E-state index in [1.165, 1.54) is 37.9 Å². The fraction of sp³-hybridized carbons (Fsp3) is 0.368. The summed E-state index contributed by atoms with van der Waals surface area (Å²) in [6.07, 6.45) is 5.47. The molecule has 0 aliphatic carbocycles. The number of likely N-dealkylation sites (tertiary alicyclic amines) is 1. The van der Waals surface area contributed by atoms with Crippen molar-refractivity contribution in [3.05, 3.63) is 53.9 Å². The minimum Gasteiger partial charge on any atom is -0.477 e. The quantitative estimate of drug-likeness (QED) is 0.927. The summed E-state index contributed by atoms with van der Waals surface area (Å²) < 4.78 is 0. The summed E-state index contributed by atoms with van der Waals surface area (Å²) in [5.41, 5.74) is 3.29. The SMILES string of the molecule is C[C@@H](c1ccc(-c2ccnc(C(=O)O)c2)cc1)N1CCCCC1. The second-order valence-electron chi connectivity index (χ2n) is 6.13. The fourth-order valence-corrected chi connectivity index (χ4v) is 3.20. The molecule has 1 saturated heterocycles. The van der Waals surface area contributed by atoms with Crippen LogP contribution in [-0.2, 0) is 0 Å². The molecule has 1 aromatic carbocycles. The van der Waals surface area contributed by atoms with Crippen molar-refractivity contribution in [3.8, 4) is 11.1 Å². The molecule has 0 unspecified atom stereocenters. The average molecular weight is 310 g/mol. The second kappa shape index (κ2) is 6.92. The van der Waals surface area contributed by atoms with Gasteiger partial charge >= 0.3 is 5.97 Å². The van der Waals surface area contributed by atoms with Crippen molar-refractivity contribution in [2.75, 3.05) is 13.1 Å². The van der Waals surface area contributed by atoms with Crippen LogP contribution in [0.3, 0.4) is 0 Å². The van der Waals surface area contributed by atoms with E-state index in [-0.39, 0.29) is 5.69 Å². The lowest BCUT2D eigenvalue weighted by Gasteiger charge is -2.32. The number of carbonyl (C=O) groups is 1. The van der Waals surface area contributed by atoms with E-state index in [1.54, 1.807) is 12.3 Å². The molecule has 0 amide bonds. The lowest BCUT2D eigenvalue weighted by molar-refractivity contribution is 0.0690. The van der Waals surface area contributed by atoms with E-state index in [9.17, 15) is 4.79 Å². The summed E-state index contributed by atoms with van der Waals surface area (Å²) in [4.78, 5) is 17.4. The van der Waals surface area contributed by atoms with Crippen LogP contribution in [0.4, 0.5) is 0 Å². The Morgan fingerprint density at radius 1 is 1.09 bits per heavy atom. The third-order valence-corrected chi connectivity index (χ3v) is 4.64. The number of aromatic nitrogens is 1. The van der Waals surface area contributed by atoms with Crippen molar-refractivity contribution < 1.29 is 9.90 Å². The Hall–Kier alpha value is -2.20. The second-order valence-corrected chi connectivity index (χ2v) is 6.13. The number of carboxylic acid groups (broad SMARTS) is 1. The van der Waals surface area contributed by atoms with Crippen LogP contribution >= 0.6 is 0 Å². The first kappa shape index (κ1) is 15.7. The van der Waals surface area contributed by atoms with Gasteiger partial charge in [-0.2, -0.15) is 0 Å². The molecule has 0 spiro atoms. The Kier molecular flexibility index (Phi) is 4.72. The number of carboxylic acids is 1. The van der Waals surface area contributed by atoms with Gasteiger partial charge in [0.15, 0.2) is 0 Å². The maximum absolute atomic E-state index is 11.0. The maximum Gasteiger partial charge on any atom is 0.354 e. The molecule has 1 N–H and O–H groups in total. The summed E-state index contributed by atoms with van der Waals surface area (Å²) in [7, 11) is 0. The Bertz CT molecular complexity index is 676. The van der Waals surface area contributed by atoms with Crippen molar-refractivity contribution in [1.82, 2.24) is 9.88 Å². The predicted octanol–water partition coefficient (Wildman–Crippen LogP) is 3.99. The summed E-state index contributed by atoms with van der Waals surface area (Å²) in [5.74, 6) is -0.998. The first-order chi connectivity index (χ1) is 11.1. The molecule has 4 heteroatoms. The Morgan fingerprint density at radius 3 is 2.43 bits per heavy atom. The largest absolute Gasteiger partial charge is 0.477 e. The number of aromatic carboxylic acids is 1. The molecule has 2 aromatic rings. The number of pyridine rings is 1. The Morgan fingerprint density at radius 2 is 1.78 bits per heavy atom. The third kappa shape index (κ3) is 3.59. The number of rotatable bonds is 4. The summed E-state index contributed by atoms with van der Waals surface area (Å²) >= 11 is 0. The minimum atomic E-state index is -0.998. The molecule has 3 rings (SSSR count). The standard InChI is InChI=1S/C19H22N2O2/c1-14(21-11-3-2-4-12-21)15-5-7-16(8-6-15)17-9-10-20-18(13-17)19(22)23/h5-10,13-14H,2-4,11-12H2,1H3,(H,22,23)/t14-/m0/s1. The van der Waals surface area contributed by atoms with Crippen LogP contribution in [0.5, 0.6) is 0 Å². The van der Waals surface area contributed by atoms with E-state index in [0.717, 1.165) is 11.1 Å². The van der Waals surface area contributed by atoms with Gasteiger partial charge in [0.25, 0.3) is 0 Å². The van der Waals surface area contributed by atoms with E-state index < -0.39 is 5.97 Å². The molecule has 0 saturated carbocycles. The first-order valence-corrected chi connectivity index (χ1v) is 8.19. The molecule has 0 radical (unpaired) electrons. The average Bonchev–Trinajstić information content (AvgIpc) is 2.62. The van der Waals surface area contributed by atoms with Crippen molar-refractivity contribution in [2.24, 2.45) is 0 Å². The van der Waals surface area contributed by atoms with Crippen LogP contribution < -0.4 is 0 Å². The highest BCUT2D eigenvalue weighted by atomic mass is 16.4. The molecule has 120 valence electrons. The lowest BCUT2D eigenvalue weighted by Crippen LogP contribution is -2.32. The van der Waals surface area contributed by atoms with Gasteiger partial charge < -0.3 is 5.11 Å². The predicted molar refractivity (Wildman–Crippen MR) is 90.5 cm³/mol. The Labute approximate surface area is 136 Å². The van der Waals surface area contributed by atoms with Crippen LogP contribution in [0.15, 0.2) is 42.6 Å². The summed E-state index contributed by atoms with van der Waals surface area (Å²) in [5, 5.41) is 9.05. The van der Waals surface area contributed by atoms with Gasteiger partial charge in [-0.3, -0.25) is 4.90 Å². The molecule has 1 aliphatic rings. The van der Waals surface area contributed by atoms with Gasteiger partial charge in [0.05, 0.1) is 0 Å². The molecule has 1 atom stereocenters. The minimum absolute atomic E-state index is 0.0771. The highest BCUT2D eigenvalue weighted by molar-refractivity contribution is 5.87. The monoisotopic (exact) mass is 310 g/mol. The van der Waals surface area contributed by atoms with Crippen molar-refractivity contribution in [3.63, 3.8) is 0 Å². The smallest absolute Gasteiger partial charge is 0.354 e. The van der Waals surface area contributed by atoms with Gasteiger partial charge in [-0.15, -0.1) is 0 Å². The van der Waals surface area contributed by atoms with Crippen molar-refractivity contribution >= 4 is 5.97 Å². The first-order valence-electron chi connectivity index (χ1n) is 8.19. The summed E-state index contributed by atoms with van der Waals surface area (Å²) in [6, 6.07) is 12.3. The van der Waals surface area contributed by atoms with Gasteiger partial charge in [-0.25, -0.2) is 9.78 Å². The van der Waals surface area contributed by atoms with Gasteiger partial charge in [0, 0.05) is 12.2 Å². The molecule has 1 aromatic heterocycles. The van der Waals surface area contributed by atoms with Gasteiger partial charge in [-0.05, 0) is 61.7 Å². The Balaban J connectivity index is 1.79. The van der Waals surface area contributed by atoms with Crippen LogP contribution in [0.2, 0.25) is 0 Å². The van der Waals surface area contributed by atoms with E-state index >= 15 is 0 Å². The van der Waals surface area contributed by atoms with Gasteiger partial charge in [0.1, 0.15) is 5.69 Å². The normalized spacial score (nSPS) is 16.9. The zero-order valence-corrected chi connectivity index (χ0v) is 13.4. The fourth-order valence-electron chi connectivity index (χ4n) is 3.20. The molecular weight excluding hydrogens is 288 g/mol. The molecular formula is C19H22N2O2. The number of benzene rings is 1. The lowest BCUT2D eigenvalue weighted by atomic mass is 9.99. The van der Waals surface area contributed by atoms with E-state index in [4.69, 9.17) is 5.11 Å². The van der Waals surface area contributed by atoms with Crippen LogP contribution in [0, 0.1) is 0 Å². The van der Waals surface area contributed by atoms with Gasteiger partial charge in [0.2, 0.25) is 0 Å². The van der Waals surface area contributed by atoms with Crippen LogP contribution in [0.1, 0.15) is 48.3 Å². The van der Waals surface area contributed by atoms with E-state index in [1.807, 2.05) is 6.07 Å². The highest BCUT2D eigenvalue weighted by Crippen LogP contribution is 2.27. The van der Waals surface area contributed by atoms with Crippen molar-refractivity contribution in [2.45, 2.75) is 32.2 Å². The van der Waals surface area contributed by atoms with Crippen LogP contribution in [-0.4, -0.2) is 34.0 Å². The van der Waals surface area contributed by atoms with Crippen LogP contribution in [0.25, 0.3) is 11.1 Å². The van der Waals surface area contributed by atoms with Gasteiger partial charge in [-0.1, -0.05) is 30.7 Å². The molecule has 4 nitrogen and oxygen atoms in total. The molecule has 1 aliphatic heterocycles.